The lowest BCUT2D eigenvalue weighted by molar-refractivity contribution is -0.145. The minimum Gasteiger partial charge on any atom is -0.508 e. The van der Waals surface area contributed by atoms with Gasteiger partial charge in [-0.2, -0.15) is 0 Å². The summed E-state index contributed by atoms with van der Waals surface area (Å²) < 4.78 is 16.0. The van der Waals surface area contributed by atoms with Crippen molar-refractivity contribution in [2.75, 3.05) is 13.2 Å². The number of carbonyl (C=O) groups is 1. The molecule has 146 valence electrons. The van der Waals surface area contributed by atoms with Crippen molar-refractivity contribution >= 4 is 5.97 Å². The van der Waals surface area contributed by atoms with Crippen LogP contribution in [0.3, 0.4) is 0 Å². The van der Waals surface area contributed by atoms with E-state index in [0.29, 0.717) is 23.8 Å². The highest BCUT2D eigenvalue weighted by Crippen LogP contribution is 2.40. The largest absolute Gasteiger partial charge is 0.508 e. The second-order valence-corrected chi connectivity index (χ2v) is 6.38. The van der Waals surface area contributed by atoms with Gasteiger partial charge in [0, 0.05) is 22.3 Å². The molecule has 0 radical (unpaired) electrons. The van der Waals surface area contributed by atoms with Gasteiger partial charge >= 0.3 is 5.97 Å². The van der Waals surface area contributed by atoms with Crippen LogP contribution in [0, 0.1) is 0 Å². The van der Waals surface area contributed by atoms with Gasteiger partial charge in [-0.05, 0) is 55.5 Å². The lowest BCUT2D eigenvalue weighted by Crippen LogP contribution is -2.14. The monoisotopic (exact) mass is 389 g/mol. The van der Waals surface area contributed by atoms with E-state index in [1.54, 1.807) is 43.3 Å². The van der Waals surface area contributed by atoms with Gasteiger partial charge in [-0.25, -0.2) is 4.79 Å². The molecule has 2 aromatic carbocycles. The number of phenols is 1. The van der Waals surface area contributed by atoms with Gasteiger partial charge in [0.2, 0.25) is 0 Å². The van der Waals surface area contributed by atoms with Gasteiger partial charge in [0.25, 0.3) is 0 Å². The fourth-order valence-electron chi connectivity index (χ4n) is 3.10. The van der Waals surface area contributed by atoms with E-state index in [-0.39, 0.29) is 12.4 Å². The Balaban J connectivity index is 1.60. The van der Waals surface area contributed by atoms with Crippen molar-refractivity contribution in [2.24, 2.45) is 0 Å². The van der Waals surface area contributed by atoms with Crippen molar-refractivity contribution in [3.8, 4) is 45.2 Å². The highest BCUT2D eigenvalue weighted by atomic mass is 16.6. The quantitative estimate of drug-likeness (QED) is 0.479. The predicted molar refractivity (Wildman–Crippen MR) is 108 cm³/mol. The van der Waals surface area contributed by atoms with Crippen LogP contribution in [-0.4, -0.2) is 29.4 Å². The zero-order chi connectivity index (χ0) is 20.2. The lowest BCUT2D eigenvalue weighted by atomic mass is 9.99. The topological polar surface area (TPSA) is 81.8 Å². The number of carbonyl (C=O) groups excluding carboxylic acids is 1. The molecule has 0 aromatic heterocycles. The van der Waals surface area contributed by atoms with Crippen molar-refractivity contribution in [3.63, 3.8) is 0 Å². The molecule has 2 aromatic rings. The standard InChI is InChI=1S/C23H19NO5/c1-2-27-21(26)14-28-18-12-8-15(9-13-18)22-19-4-3-5-20(19)23(29-24-22)16-6-10-17(25)11-7-16/h3-13,25H,2,14H2,1H3. The van der Waals surface area contributed by atoms with Crippen molar-refractivity contribution < 1.29 is 23.9 Å². The summed E-state index contributed by atoms with van der Waals surface area (Å²) in [6, 6.07) is 20.0. The normalized spacial score (nSPS) is 10.8. The van der Waals surface area contributed by atoms with Gasteiger partial charge in [0.15, 0.2) is 12.4 Å². The molecule has 1 N–H and O–H groups in total. The average Bonchev–Trinajstić information content (AvgIpc) is 3.23. The molecule has 0 unspecified atom stereocenters. The molecule has 0 amide bonds. The highest BCUT2D eigenvalue weighted by molar-refractivity contribution is 5.89. The summed E-state index contributed by atoms with van der Waals surface area (Å²) >= 11 is 0. The number of rotatable bonds is 6. The Hall–Kier alpha value is -3.80. The number of nitrogens with zero attached hydrogens (tertiary/aromatic N) is 1. The van der Waals surface area contributed by atoms with Gasteiger partial charge < -0.3 is 19.1 Å². The number of phenolic OH excluding ortho intramolecular Hbond substituents is 1. The van der Waals surface area contributed by atoms with Crippen LogP contribution < -0.4 is 4.74 Å². The molecule has 2 aliphatic rings. The van der Waals surface area contributed by atoms with Crippen molar-refractivity contribution in [1.82, 2.24) is 5.16 Å². The second kappa shape index (κ2) is 8.06. The van der Waals surface area contributed by atoms with E-state index in [2.05, 4.69) is 5.16 Å². The Labute approximate surface area is 167 Å². The first-order chi connectivity index (χ1) is 14.2. The van der Waals surface area contributed by atoms with E-state index < -0.39 is 5.97 Å². The van der Waals surface area contributed by atoms with Crippen molar-refractivity contribution in [2.45, 2.75) is 6.92 Å². The number of fused-ring (bicyclic) bond motifs is 1. The fourth-order valence-corrected chi connectivity index (χ4v) is 3.10. The Morgan fingerprint density at radius 1 is 0.966 bits per heavy atom. The van der Waals surface area contributed by atoms with Crippen LogP contribution in [0.5, 0.6) is 11.5 Å². The molecule has 0 atom stereocenters. The van der Waals surface area contributed by atoms with Crippen molar-refractivity contribution in [3.05, 3.63) is 66.7 Å². The van der Waals surface area contributed by atoms with Crippen LogP contribution in [0.25, 0.3) is 33.7 Å². The molecule has 0 spiro atoms. The van der Waals surface area contributed by atoms with Crippen molar-refractivity contribution in [1.29, 1.82) is 0 Å². The number of hydrogen-bond acceptors (Lipinski definition) is 6. The van der Waals surface area contributed by atoms with Gasteiger partial charge in [0.05, 0.1) is 6.61 Å². The van der Waals surface area contributed by atoms with E-state index in [1.165, 1.54) is 0 Å². The molecular weight excluding hydrogens is 370 g/mol. The maximum atomic E-state index is 11.4. The summed E-state index contributed by atoms with van der Waals surface area (Å²) in [6.07, 6.45) is 0. The number of aromatic hydroxyl groups is 1. The van der Waals surface area contributed by atoms with Gasteiger partial charge in [-0.3, -0.25) is 0 Å². The maximum Gasteiger partial charge on any atom is 0.344 e. The zero-order valence-corrected chi connectivity index (χ0v) is 15.8. The van der Waals surface area contributed by atoms with Crippen LogP contribution >= 0.6 is 0 Å². The molecule has 0 fully saturated rings. The van der Waals surface area contributed by atoms with E-state index >= 15 is 0 Å². The summed E-state index contributed by atoms with van der Waals surface area (Å²) in [5.41, 5.74) is 4.30. The number of hydrogen-bond donors (Lipinski definition) is 1. The van der Waals surface area contributed by atoms with Crippen LogP contribution in [0.15, 0.2) is 71.3 Å². The van der Waals surface area contributed by atoms with Gasteiger partial charge in [0.1, 0.15) is 17.2 Å². The summed E-state index contributed by atoms with van der Waals surface area (Å²) in [5.74, 6) is 1.00. The van der Waals surface area contributed by atoms with E-state index in [1.807, 2.05) is 30.3 Å². The Morgan fingerprint density at radius 2 is 1.66 bits per heavy atom. The minimum atomic E-state index is -0.402. The number of esters is 1. The van der Waals surface area contributed by atoms with Crippen LogP contribution in [0.1, 0.15) is 6.92 Å². The average molecular weight is 389 g/mol. The molecule has 1 heterocycles. The molecule has 0 saturated heterocycles. The molecule has 4 rings (SSSR count). The van der Waals surface area contributed by atoms with Gasteiger partial charge in [-0.1, -0.05) is 23.4 Å². The lowest BCUT2D eigenvalue weighted by Gasteiger charge is -2.11. The van der Waals surface area contributed by atoms with Gasteiger partial charge in [-0.15, -0.1) is 0 Å². The molecule has 0 saturated carbocycles. The van der Waals surface area contributed by atoms with E-state index in [9.17, 15) is 9.90 Å². The Morgan fingerprint density at radius 3 is 2.38 bits per heavy atom. The molecule has 1 aliphatic heterocycles. The molecule has 6 heteroatoms. The number of ether oxygens (including phenoxy) is 2. The highest BCUT2D eigenvalue weighted by Gasteiger charge is 2.19. The van der Waals surface area contributed by atoms with Crippen LogP contribution in [0.2, 0.25) is 0 Å². The SMILES string of the molecule is CCOC(=O)COc1ccc(-c2noc(-c3ccc(O)cc3)c3cccc2-3)cc1. The minimum absolute atomic E-state index is 0.130. The zero-order valence-electron chi connectivity index (χ0n) is 15.8. The third kappa shape index (κ3) is 3.91. The second-order valence-electron chi connectivity index (χ2n) is 6.38. The van der Waals surface area contributed by atoms with Crippen LogP contribution in [-0.2, 0) is 9.53 Å². The molecule has 1 aliphatic carbocycles. The summed E-state index contributed by atoms with van der Waals surface area (Å²) in [7, 11) is 0. The smallest absolute Gasteiger partial charge is 0.344 e. The Bertz CT molecular complexity index is 1080. The third-order valence-corrected chi connectivity index (χ3v) is 4.46. The first kappa shape index (κ1) is 18.6. The van der Waals surface area contributed by atoms with E-state index in [4.69, 9.17) is 14.0 Å². The maximum absolute atomic E-state index is 11.4. The first-order valence-corrected chi connectivity index (χ1v) is 9.22. The molecule has 6 nitrogen and oxygen atoms in total. The van der Waals surface area contributed by atoms with Crippen LogP contribution in [0.4, 0.5) is 0 Å². The molecule has 0 bridgehead atoms. The summed E-state index contributed by atoms with van der Waals surface area (Å²) in [4.78, 5) is 11.4. The first-order valence-electron chi connectivity index (χ1n) is 9.22. The Kier molecular flexibility index (Phi) is 5.16. The third-order valence-electron chi connectivity index (χ3n) is 4.46. The molecular formula is C23H19NO5. The predicted octanol–water partition coefficient (Wildman–Crippen LogP) is 4.76. The number of benzene rings is 2. The summed E-state index contributed by atoms with van der Waals surface area (Å²) in [6.45, 7) is 1.95. The fraction of sp³-hybridized carbons (Fsp3) is 0.130. The van der Waals surface area contributed by atoms with E-state index in [0.717, 1.165) is 22.3 Å². The number of aromatic nitrogens is 1. The molecule has 29 heavy (non-hydrogen) atoms. The summed E-state index contributed by atoms with van der Waals surface area (Å²) in [5, 5.41) is 13.8.